The van der Waals surface area contributed by atoms with Crippen LogP contribution in [-0.2, 0) is 11.3 Å². The lowest BCUT2D eigenvalue weighted by molar-refractivity contribution is 0.0797. The van der Waals surface area contributed by atoms with E-state index in [0.29, 0.717) is 0 Å². The summed E-state index contributed by atoms with van der Waals surface area (Å²) >= 11 is 1.79. The van der Waals surface area contributed by atoms with Crippen molar-refractivity contribution in [2.45, 2.75) is 25.5 Å². The summed E-state index contributed by atoms with van der Waals surface area (Å²) in [4.78, 5) is 20.1. The Bertz CT molecular complexity index is 966. The second kappa shape index (κ2) is 8.31. The summed E-state index contributed by atoms with van der Waals surface area (Å²) in [5.41, 5.74) is 1.93. The number of piperidine rings is 1. The van der Waals surface area contributed by atoms with Gasteiger partial charge in [0.25, 0.3) is 0 Å². The van der Waals surface area contributed by atoms with Gasteiger partial charge < -0.3 is 14.7 Å². The zero-order valence-electron chi connectivity index (χ0n) is 16.3. The number of hydrogen-bond donors (Lipinski definition) is 1. The fourth-order valence-electron chi connectivity index (χ4n) is 3.95. The lowest BCUT2D eigenvalue weighted by atomic mass is 10.1. The number of aromatic nitrogens is 3. The third-order valence-electron chi connectivity index (χ3n) is 5.57. The van der Waals surface area contributed by atoms with Gasteiger partial charge in [-0.2, -0.15) is 0 Å². The molecule has 0 atom stereocenters. The number of pyridine rings is 1. The summed E-state index contributed by atoms with van der Waals surface area (Å²) < 4.78 is 6.69. The van der Waals surface area contributed by atoms with Crippen LogP contribution in [0.1, 0.15) is 17.7 Å². The van der Waals surface area contributed by atoms with Gasteiger partial charge in [0, 0.05) is 55.6 Å². The molecule has 3 aromatic rings. The van der Waals surface area contributed by atoms with Crippen LogP contribution in [-0.4, -0.2) is 70.5 Å². The Morgan fingerprint density at radius 2 is 1.97 bits per heavy atom. The molecule has 0 spiro atoms. The molecule has 1 N–H and O–H groups in total. The minimum Gasteiger partial charge on any atom is -0.393 e. The topological polar surface area (TPSA) is 74.6 Å². The van der Waals surface area contributed by atoms with Crippen LogP contribution in [0.2, 0.25) is 0 Å². The Morgan fingerprint density at radius 1 is 1.14 bits per heavy atom. The average Bonchev–Trinajstić information content (AvgIpc) is 3.18. The summed E-state index contributed by atoms with van der Waals surface area (Å²) in [6, 6.07) is 6.13. The summed E-state index contributed by atoms with van der Waals surface area (Å²) in [6.07, 6.45) is 5.15. The summed E-state index contributed by atoms with van der Waals surface area (Å²) in [7, 11) is 0. The molecule has 5 rings (SSSR count). The third kappa shape index (κ3) is 4.11. The molecule has 152 valence electrons. The number of thiophene rings is 1. The van der Waals surface area contributed by atoms with Crippen LogP contribution in [0.3, 0.4) is 0 Å². The first-order chi connectivity index (χ1) is 14.3. The molecule has 3 aromatic heterocycles. The van der Waals surface area contributed by atoms with Gasteiger partial charge in [0.15, 0.2) is 11.6 Å². The van der Waals surface area contributed by atoms with Crippen LogP contribution in [0.15, 0.2) is 30.6 Å². The van der Waals surface area contributed by atoms with E-state index in [2.05, 4.69) is 20.9 Å². The first-order valence-corrected chi connectivity index (χ1v) is 11.0. The highest BCUT2D eigenvalue weighted by molar-refractivity contribution is 7.19. The van der Waals surface area contributed by atoms with Gasteiger partial charge in [-0.3, -0.25) is 9.88 Å². The molecule has 2 aliphatic rings. The summed E-state index contributed by atoms with van der Waals surface area (Å²) in [5.74, 6) is 1.72. The molecule has 0 radical (unpaired) electrons. The predicted molar refractivity (Wildman–Crippen MR) is 114 cm³/mol. The Kier molecular flexibility index (Phi) is 5.41. The number of anilines is 1. The molecule has 2 aliphatic heterocycles. The number of hydrogen-bond acceptors (Lipinski definition) is 8. The molecule has 0 unspecified atom stereocenters. The van der Waals surface area contributed by atoms with Gasteiger partial charge >= 0.3 is 0 Å². The number of aliphatic hydroxyl groups excluding tert-OH is 1. The van der Waals surface area contributed by atoms with Gasteiger partial charge in [-0.15, -0.1) is 11.3 Å². The zero-order valence-corrected chi connectivity index (χ0v) is 17.1. The minimum atomic E-state index is -0.144. The van der Waals surface area contributed by atoms with Gasteiger partial charge in [-0.1, -0.05) is 0 Å². The Morgan fingerprint density at radius 3 is 2.72 bits per heavy atom. The van der Waals surface area contributed by atoms with E-state index in [9.17, 15) is 5.11 Å². The van der Waals surface area contributed by atoms with Crippen molar-refractivity contribution in [1.29, 1.82) is 0 Å². The third-order valence-corrected chi connectivity index (χ3v) is 6.68. The van der Waals surface area contributed by atoms with Crippen molar-refractivity contribution in [3.05, 3.63) is 35.5 Å². The number of fused-ring (bicyclic) bond motifs is 1. The first-order valence-electron chi connectivity index (χ1n) is 10.2. The normalized spacial score (nSPS) is 19.1. The summed E-state index contributed by atoms with van der Waals surface area (Å²) in [5, 5.41) is 9.76. The van der Waals surface area contributed by atoms with Crippen molar-refractivity contribution in [1.82, 2.24) is 19.9 Å². The highest BCUT2D eigenvalue weighted by atomic mass is 32.1. The number of ether oxygens (including phenoxy) is 1. The van der Waals surface area contributed by atoms with Gasteiger partial charge in [-0.05, 0) is 31.0 Å². The van der Waals surface area contributed by atoms with Crippen molar-refractivity contribution in [2.75, 3.05) is 44.3 Å². The molecule has 2 fully saturated rings. The molecule has 29 heavy (non-hydrogen) atoms. The quantitative estimate of drug-likeness (QED) is 0.707. The SMILES string of the molecule is OC1CCN(Cc2cc3nc(-c4cccnc4)nc(N4CCOCC4)c3s2)CC1. The van der Waals surface area contributed by atoms with Crippen LogP contribution in [0.5, 0.6) is 0 Å². The maximum absolute atomic E-state index is 9.76. The monoisotopic (exact) mass is 411 g/mol. The van der Waals surface area contributed by atoms with Gasteiger partial charge in [0.1, 0.15) is 0 Å². The van der Waals surface area contributed by atoms with Crippen molar-refractivity contribution in [3.8, 4) is 11.4 Å². The van der Waals surface area contributed by atoms with E-state index in [0.717, 1.165) is 86.2 Å². The van der Waals surface area contributed by atoms with Crippen LogP contribution in [0.25, 0.3) is 21.6 Å². The van der Waals surface area contributed by atoms with E-state index in [-0.39, 0.29) is 6.10 Å². The first kappa shape index (κ1) is 18.9. The second-order valence-corrected chi connectivity index (χ2v) is 8.78. The zero-order chi connectivity index (χ0) is 19.6. The fourth-order valence-corrected chi connectivity index (χ4v) is 5.11. The molecular formula is C21H25N5O2S. The lowest BCUT2D eigenvalue weighted by Gasteiger charge is -2.29. The molecule has 0 amide bonds. The van der Waals surface area contributed by atoms with Crippen LogP contribution >= 0.6 is 11.3 Å². The molecular weight excluding hydrogens is 386 g/mol. The van der Waals surface area contributed by atoms with Crippen molar-refractivity contribution in [2.24, 2.45) is 0 Å². The van der Waals surface area contributed by atoms with Gasteiger partial charge in [0.2, 0.25) is 0 Å². The standard InChI is InChI=1S/C21H25N5O2S/c27-16-3-6-25(7-4-16)14-17-12-18-19(29-17)21(26-8-10-28-11-9-26)24-20(23-18)15-2-1-5-22-13-15/h1-2,5,12-13,16,27H,3-4,6-11,14H2. The van der Waals surface area contributed by atoms with E-state index in [1.807, 2.05) is 18.3 Å². The molecule has 5 heterocycles. The van der Waals surface area contributed by atoms with Gasteiger partial charge in [-0.25, -0.2) is 9.97 Å². The van der Waals surface area contributed by atoms with Crippen LogP contribution < -0.4 is 4.90 Å². The van der Waals surface area contributed by atoms with Gasteiger partial charge in [0.05, 0.1) is 29.5 Å². The van der Waals surface area contributed by atoms with E-state index in [4.69, 9.17) is 14.7 Å². The van der Waals surface area contributed by atoms with E-state index >= 15 is 0 Å². The smallest absolute Gasteiger partial charge is 0.163 e. The largest absolute Gasteiger partial charge is 0.393 e. The molecule has 2 saturated heterocycles. The molecule has 0 aliphatic carbocycles. The molecule has 8 heteroatoms. The highest BCUT2D eigenvalue weighted by Crippen LogP contribution is 2.35. The molecule has 0 saturated carbocycles. The molecule has 7 nitrogen and oxygen atoms in total. The van der Waals surface area contributed by atoms with E-state index in [1.165, 1.54) is 4.88 Å². The number of likely N-dealkylation sites (tertiary alicyclic amines) is 1. The Labute approximate surface area is 174 Å². The number of aliphatic hydroxyl groups is 1. The maximum Gasteiger partial charge on any atom is 0.163 e. The van der Waals surface area contributed by atoms with Crippen molar-refractivity contribution >= 4 is 27.4 Å². The minimum absolute atomic E-state index is 0.144. The predicted octanol–water partition coefficient (Wildman–Crippen LogP) is 2.55. The van der Waals surface area contributed by atoms with E-state index < -0.39 is 0 Å². The van der Waals surface area contributed by atoms with Crippen molar-refractivity contribution < 1.29 is 9.84 Å². The summed E-state index contributed by atoms with van der Waals surface area (Å²) in [6.45, 7) is 5.92. The Balaban J connectivity index is 1.51. The average molecular weight is 412 g/mol. The lowest BCUT2D eigenvalue weighted by Crippen LogP contribution is -2.36. The van der Waals surface area contributed by atoms with Crippen LogP contribution in [0.4, 0.5) is 5.82 Å². The molecule has 0 aromatic carbocycles. The molecule has 0 bridgehead atoms. The second-order valence-electron chi connectivity index (χ2n) is 7.65. The van der Waals surface area contributed by atoms with E-state index in [1.54, 1.807) is 17.5 Å². The Hall–Kier alpha value is -2.13. The van der Waals surface area contributed by atoms with Crippen molar-refractivity contribution in [3.63, 3.8) is 0 Å². The maximum atomic E-state index is 9.76. The fraction of sp³-hybridized carbons (Fsp3) is 0.476. The number of nitrogens with zero attached hydrogens (tertiary/aromatic N) is 5. The van der Waals surface area contributed by atoms with Crippen LogP contribution in [0, 0.1) is 0 Å². The highest BCUT2D eigenvalue weighted by Gasteiger charge is 2.22. The number of morpholine rings is 1. The number of rotatable bonds is 4.